The minimum absolute atomic E-state index is 0.00370. The van der Waals surface area contributed by atoms with Crippen molar-refractivity contribution in [3.05, 3.63) is 34.6 Å². The van der Waals surface area contributed by atoms with Gasteiger partial charge in [-0.15, -0.1) is 0 Å². The number of rotatable bonds is 7. The van der Waals surface area contributed by atoms with Crippen molar-refractivity contribution in [2.24, 2.45) is 0 Å². The zero-order chi connectivity index (χ0) is 25.2. The Morgan fingerprint density at radius 3 is 2.19 bits per heavy atom. The number of carboxylic acid groups (broad SMARTS) is 2. The molecule has 36 heavy (non-hydrogen) atoms. The molecule has 3 heterocycles. The van der Waals surface area contributed by atoms with Crippen LogP contribution in [0, 0.1) is 0 Å². The molecule has 5 rings (SSSR count). The second-order valence-electron chi connectivity index (χ2n) is 10.7. The Balaban J connectivity index is 1.46. The van der Waals surface area contributed by atoms with Gasteiger partial charge in [-0.25, -0.2) is 9.78 Å². The van der Waals surface area contributed by atoms with Crippen LogP contribution in [0.3, 0.4) is 0 Å². The molecule has 1 aliphatic carbocycles. The highest BCUT2D eigenvalue weighted by Crippen LogP contribution is 2.44. The summed E-state index contributed by atoms with van der Waals surface area (Å²) in [5.41, 5.74) is 0.949. The fourth-order valence-electron chi connectivity index (χ4n) is 6.87. The Morgan fingerprint density at radius 2 is 1.56 bits per heavy atom. The topological polar surface area (TPSA) is 125 Å². The van der Waals surface area contributed by atoms with E-state index in [1.807, 2.05) is 24.3 Å². The molecule has 0 radical (unpaired) electrons. The third kappa shape index (κ3) is 4.98. The summed E-state index contributed by atoms with van der Waals surface area (Å²) in [5.74, 6) is -2.69. The lowest BCUT2D eigenvalue weighted by atomic mass is 9.89. The lowest BCUT2D eigenvalue weighted by Crippen LogP contribution is -2.50. The number of hydrogen-bond donors (Lipinski definition) is 3. The molecular formula is C27H36N4O5. The van der Waals surface area contributed by atoms with Gasteiger partial charge in [0.1, 0.15) is 6.04 Å². The molecule has 1 aromatic carbocycles. The number of carboxylic acids is 2. The quantitative estimate of drug-likeness (QED) is 0.525. The summed E-state index contributed by atoms with van der Waals surface area (Å²) in [7, 11) is 0. The van der Waals surface area contributed by atoms with Gasteiger partial charge in [-0.3, -0.25) is 14.5 Å². The van der Waals surface area contributed by atoms with Crippen LogP contribution in [0.2, 0.25) is 0 Å². The predicted molar refractivity (Wildman–Crippen MR) is 136 cm³/mol. The van der Waals surface area contributed by atoms with Crippen LogP contribution in [0.25, 0.3) is 11.0 Å². The van der Waals surface area contributed by atoms with E-state index in [1.54, 1.807) is 4.57 Å². The number of aliphatic carboxylic acids is 2. The first-order valence-corrected chi connectivity index (χ1v) is 13.4. The maximum Gasteiger partial charge on any atom is 0.326 e. The number of anilines is 1. The average Bonchev–Trinajstić information content (AvgIpc) is 3.07. The maximum absolute atomic E-state index is 13.7. The predicted octanol–water partition coefficient (Wildman–Crippen LogP) is 4.02. The van der Waals surface area contributed by atoms with Crippen molar-refractivity contribution in [3.8, 4) is 0 Å². The zero-order valence-corrected chi connectivity index (χ0v) is 20.6. The van der Waals surface area contributed by atoms with Crippen molar-refractivity contribution in [1.82, 2.24) is 14.5 Å². The number of nitrogens with zero attached hydrogens (tertiary/aromatic N) is 3. The lowest BCUT2D eigenvalue weighted by Gasteiger charge is -2.45. The summed E-state index contributed by atoms with van der Waals surface area (Å²) in [6.07, 6.45) is 12.6. The van der Waals surface area contributed by atoms with E-state index in [9.17, 15) is 19.5 Å². The third-order valence-electron chi connectivity index (χ3n) is 8.41. The highest BCUT2D eigenvalue weighted by Gasteiger charge is 2.44. The molecule has 9 nitrogen and oxygen atoms in total. The van der Waals surface area contributed by atoms with Gasteiger partial charge in [0.05, 0.1) is 17.5 Å². The first kappa shape index (κ1) is 24.7. The van der Waals surface area contributed by atoms with Crippen LogP contribution >= 0.6 is 0 Å². The summed E-state index contributed by atoms with van der Waals surface area (Å²) in [6.45, 7) is 0. The molecule has 1 saturated carbocycles. The number of aromatic nitrogens is 2. The minimum Gasteiger partial charge on any atom is -0.481 e. The number of para-hydroxylation sites is 2. The van der Waals surface area contributed by atoms with E-state index in [0.29, 0.717) is 23.6 Å². The first-order chi connectivity index (χ1) is 17.4. The Bertz CT molecular complexity index is 1160. The molecule has 0 spiro atoms. The summed E-state index contributed by atoms with van der Waals surface area (Å²) in [4.78, 5) is 43.7. The molecule has 3 N–H and O–H groups in total. The highest BCUT2D eigenvalue weighted by atomic mass is 16.4. The number of benzene rings is 1. The lowest BCUT2D eigenvalue weighted by molar-refractivity contribution is -0.144. The van der Waals surface area contributed by atoms with Crippen molar-refractivity contribution < 1.29 is 19.8 Å². The molecule has 194 valence electrons. The molecule has 2 saturated heterocycles. The Hall–Kier alpha value is -2.94. The monoisotopic (exact) mass is 496 g/mol. The summed E-state index contributed by atoms with van der Waals surface area (Å²) in [6, 6.07) is 7.52. The number of hydrogen-bond acceptors (Lipinski definition) is 6. The Labute approximate surface area is 210 Å². The number of piperidine rings is 1. The van der Waals surface area contributed by atoms with Crippen LogP contribution in [0.5, 0.6) is 0 Å². The smallest absolute Gasteiger partial charge is 0.326 e. The van der Waals surface area contributed by atoms with E-state index in [1.165, 1.54) is 44.9 Å². The number of carbonyl (C=O) groups is 2. The van der Waals surface area contributed by atoms with Gasteiger partial charge >= 0.3 is 11.9 Å². The summed E-state index contributed by atoms with van der Waals surface area (Å²) in [5, 5.41) is 21.3. The van der Waals surface area contributed by atoms with Gasteiger partial charge in [0, 0.05) is 24.2 Å². The Kier molecular flexibility index (Phi) is 7.27. The largest absolute Gasteiger partial charge is 0.481 e. The van der Waals surface area contributed by atoms with Crippen LogP contribution in [-0.2, 0) is 9.59 Å². The molecule has 9 heteroatoms. The van der Waals surface area contributed by atoms with Crippen LogP contribution in [-0.4, -0.2) is 60.8 Å². The summed E-state index contributed by atoms with van der Waals surface area (Å²) >= 11 is 0. The third-order valence-corrected chi connectivity index (χ3v) is 8.41. The normalized spacial score (nSPS) is 26.3. The highest BCUT2D eigenvalue weighted by molar-refractivity contribution is 5.84. The molecule has 2 bridgehead atoms. The SMILES string of the molecule is O=C(O)CC(Nc1nc2ccccc2n(C2CC3CC[C@H](C2)N3C2CCCCCCC2)c1=O)C(=O)O. The van der Waals surface area contributed by atoms with Gasteiger partial charge in [0.15, 0.2) is 5.82 Å². The van der Waals surface area contributed by atoms with Gasteiger partial charge in [-0.05, 0) is 50.7 Å². The van der Waals surface area contributed by atoms with E-state index in [2.05, 4.69) is 15.2 Å². The fraction of sp³-hybridized carbons (Fsp3) is 0.630. The second-order valence-corrected chi connectivity index (χ2v) is 10.7. The van der Waals surface area contributed by atoms with Crippen LogP contribution in [0.1, 0.15) is 83.1 Å². The molecule has 2 aliphatic heterocycles. The van der Waals surface area contributed by atoms with E-state index < -0.39 is 24.4 Å². The average molecular weight is 497 g/mol. The Morgan fingerprint density at radius 1 is 0.917 bits per heavy atom. The van der Waals surface area contributed by atoms with E-state index in [0.717, 1.165) is 31.2 Å². The maximum atomic E-state index is 13.7. The van der Waals surface area contributed by atoms with Crippen molar-refractivity contribution in [3.63, 3.8) is 0 Å². The molecule has 3 unspecified atom stereocenters. The summed E-state index contributed by atoms with van der Waals surface area (Å²) < 4.78 is 1.80. The van der Waals surface area contributed by atoms with E-state index in [4.69, 9.17) is 5.11 Å². The van der Waals surface area contributed by atoms with E-state index in [-0.39, 0.29) is 17.4 Å². The van der Waals surface area contributed by atoms with Crippen LogP contribution in [0.15, 0.2) is 29.1 Å². The van der Waals surface area contributed by atoms with Gasteiger partial charge in [-0.1, -0.05) is 44.2 Å². The number of nitrogens with one attached hydrogen (secondary N) is 1. The molecule has 3 fully saturated rings. The van der Waals surface area contributed by atoms with Gasteiger partial charge < -0.3 is 20.1 Å². The first-order valence-electron chi connectivity index (χ1n) is 13.4. The molecule has 4 atom stereocenters. The molecule has 3 aliphatic rings. The van der Waals surface area contributed by atoms with Crippen LogP contribution < -0.4 is 10.9 Å². The molecule has 2 aromatic rings. The zero-order valence-electron chi connectivity index (χ0n) is 20.6. The number of fused-ring (bicyclic) bond motifs is 3. The van der Waals surface area contributed by atoms with Crippen molar-refractivity contribution in [2.75, 3.05) is 5.32 Å². The molecule has 0 amide bonds. The molecule has 1 aromatic heterocycles. The van der Waals surface area contributed by atoms with Crippen LogP contribution in [0.4, 0.5) is 5.82 Å². The van der Waals surface area contributed by atoms with E-state index >= 15 is 0 Å². The van der Waals surface area contributed by atoms with Gasteiger partial charge in [0.25, 0.3) is 5.56 Å². The minimum atomic E-state index is -1.44. The van der Waals surface area contributed by atoms with Gasteiger partial charge in [0.2, 0.25) is 0 Å². The fourth-order valence-corrected chi connectivity index (χ4v) is 6.87. The second kappa shape index (κ2) is 10.6. The van der Waals surface area contributed by atoms with Gasteiger partial charge in [-0.2, -0.15) is 0 Å². The van der Waals surface area contributed by atoms with Crippen molar-refractivity contribution >= 4 is 28.8 Å². The van der Waals surface area contributed by atoms with Crippen molar-refractivity contribution in [1.29, 1.82) is 0 Å². The molecular weight excluding hydrogens is 460 g/mol. The van der Waals surface area contributed by atoms with Crippen molar-refractivity contribution in [2.45, 2.75) is 107 Å². The standard InChI is InChI=1S/C27H36N4O5/c32-24(33)16-22(27(35)36)29-25-26(34)31(23-11-7-6-10-21(23)28-25)20-14-18-12-13-19(15-20)30(18)17-8-4-2-1-3-5-9-17/h6-7,10-11,17-20,22H,1-5,8-9,12-16H2,(H,28,29)(H,32,33)(H,35,36)/t18-,19?,20?,22?/m1/s1.